The number of esters is 1. The van der Waals surface area contributed by atoms with E-state index in [9.17, 15) is 19.2 Å². The number of hydrogen-bond donors (Lipinski definition) is 1. The summed E-state index contributed by atoms with van der Waals surface area (Å²) in [4.78, 5) is 51.4. The third-order valence-corrected chi connectivity index (χ3v) is 6.36. The van der Waals surface area contributed by atoms with Gasteiger partial charge in [0, 0.05) is 17.7 Å². The lowest BCUT2D eigenvalue weighted by atomic mass is 10.0. The van der Waals surface area contributed by atoms with Gasteiger partial charge in [-0.1, -0.05) is 42.5 Å². The predicted octanol–water partition coefficient (Wildman–Crippen LogP) is 4.38. The van der Waals surface area contributed by atoms with Crippen LogP contribution in [0.1, 0.15) is 51.6 Å². The molecule has 0 aliphatic carbocycles. The minimum absolute atomic E-state index is 0.135. The number of likely N-dealkylation sites (tertiary alicyclic amines) is 1. The number of carbonyl (C=O) groups is 4. The maximum absolute atomic E-state index is 13.3. The van der Waals surface area contributed by atoms with Crippen molar-refractivity contribution in [3.05, 3.63) is 101 Å². The molecule has 1 atom stereocenters. The number of benzene rings is 3. The van der Waals surface area contributed by atoms with Crippen LogP contribution >= 0.6 is 0 Å². The van der Waals surface area contributed by atoms with Crippen molar-refractivity contribution in [1.29, 1.82) is 0 Å². The van der Waals surface area contributed by atoms with Gasteiger partial charge in [-0.3, -0.25) is 9.59 Å². The minimum Gasteiger partial charge on any atom is -0.482 e. The Morgan fingerprint density at radius 1 is 0.927 bits per heavy atom. The van der Waals surface area contributed by atoms with E-state index in [0.29, 0.717) is 35.4 Å². The van der Waals surface area contributed by atoms with Crippen LogP contribution < -0.4 is 10.2 Å². The summed E-state index contributed by atoms with van der Waals surface area (Å²) >= 11 is 0. The fraction of sp³-hybridized carbons (Fsp3) is 0.258. The summed E-state index contributed by atoms with van der Waals surface area (Å²) in [6, 6.07) is 21.9. The number of nitrogens with one attached hydrogen (secondary N) is 1. The largest absolute Gasteiger partial charge is 0.482 e. The molecule has 0 unspecified atom stereocenters. The average Bonchev–Trinajstić information content (AvgIpc) is 3.50. The topological polar surface area (TPSA) is 124 Å². The van der Waals surface area contributed by atoms with Crippen LogP contribution in [0, 0.1) is 0 Å². The van der Waals surface area contributed by atoms with E-state index in [1.54, 1.807) is 60.4 Å². The zero-order valence-corrected chi connectivity index (χ0v) is 22.7. The van der Waals surface area contributed by atoms with E-state index >= 15 is 0 Å². The van der Waals surface area contributed by atoms with E-state index < -0.39 is 18.1 Å². The molecule has 0 spiro atoms. The van der Waals surface area contributed by atoms with E-state index in [4.69, 9.17) is 14.2 Å². The summed E-state index contributed by atoms with van der Waals surface area (Å²) in [7, 11) is 0. The number of ketones is 1. The molecule has 1 N–H and O–H groups in total. The zero-order valence-electron chi connectivity index (χ0n) is 22.7. The molecule has 3 aromatic rings. The quantitative estimate of drug-likeness (QED) is 0.161. The lowest BCUT2D eigenvalue weighted by molar-refractivity contribution is -0.145. The number of amides is 2. The Labute approximate surface area is 237 Å². The first-order chi connectivity index (χ1) is 19.9. The summed E-state index contributed by atoms with van der Waals surface area (Å²) in [5.41, 5.74) is 4.74. The Bertz CT molecular complexity index is 1370. The van der Waals surface area contributed by atoms with Crippen molar-refractivity contribution in [2.75, 3.05) is 19.8 Å². The Morgan fingerprint density at radius 2 is 1.63 bits per heavy atom. The van der Waals surface area contributed by atoms with Gasteiger partial charge in [0.1, 0.15) is 12.4 Å². The summed E-state index contributed by atoms with van der Waals surface area (Å²) in [6.07, 6.45) is 2.06. The normalized spacial score (nSPS) is 14.5. The summed E-state index contributed by atoms with van der Waals surface area (Å²) in [6.45, 7) is 2.39. The van der Waals surface area contributed by atoms with Crippen molar-refractivity contribution < 1.29 is 33.4 Å². The molecule has 0 radical (unpaired) electrons. The molecular weight excluding hydrogens is 526 g/mol. The molecule has 212 valence electrons. The molecular formula is C31H31N3O7. The van der Waals surface area contributed by atoms with Gasteiger partial charge in [-0.15, -0.1) is 0 Å². The highest BCUT2D eigenvalue weighted by Gasteiger charge is 2.35. The third-order valence-electron chi connectivity index (χ3n) is 6.36. The van der Waals surface area contributed by atoms with Crippen molar-refractivity contribution in [2.24, 2.45) is 5.10 Å². The number of ether oxygens (including phenoxy) is 3. The second kappa shape index (κ2) is 14.4. The number of rotatable bonds is 11. The molecule has 1 heterocycles. The van der Waals surface area contributed by atoms with Crippen LogP contribution in [0.15, 0.2) is 84.0 Å². The Morgan fingerprint density at radius 3 is 2.34 bits per heavy atom. The first kappa shape index (κ1) is 29.0. The number of carbonyl (C=O) groups excluding carboxylic acids is 4. The SMILES string of the molecule is CCOC(=O)COc1ccc(C(=O)[C@H]2CCCN2C(=O)c2ccc(/C=N/NC(=O)OCc3ccccc3)cc2)cc1. The molecule has 10 heteroatoms. The first-order valence-electron chi connectivity index (χ1n) is 13.3. The molecule has 41 heavy (non-hydrogen) atoms. The monoisotopic (exact) mass is 557 g/mol. The fourth-order valence-electron chi connectivity index (χ4n) is 4.33. The molecule has 2 amide bonds. The van der Waals surface area contributed by atoms with Crippen LogP contribution in [0.25, 0.3) is 0 Å². The van der Waals surface area contributed by atoms with E-state index in [0.717, 1.165) is 12.0 Å². The Hall–Kier alpha value is -4.99. The van der Waals surface area contributed by atoms with Crippen LogP contribution in [0.2, 0.25) is 0 Å². The number of Topliss-reactive ketones (excluding diaryl/α,β-unsaturated/α-hetero) is 1. The van der Waals surface area contributed by atoms with Crippen molar-refractivity contribution in [3.8, 4) is 5.75 Å². The van der Waals surface area contributed by atoms with Gasteiger partial charge in [0.2, 0.25) is 0 Å². The molecule has 1 aliphatic heterocycles. The van der Waals surface area contributed by atoms with E-state index in [1.807, 2.05) is 30.3 Å². The highest BCUT2D eigenvalue weighted by Crippen LogP contribution is 2.24. The van der Waals surface area contributed by atoms with Crippen molar-refractivity contribution in [3.63, 3.8) is 0 Å². The van der Waals surface area contributed by atoms with Gasteiger partial charge in [-0.05, 0) is 67.3 Å². The molecule has 3 aromatic carbocycles. The molecule has 1 aliphatic rings. The van der Waals surface area contributed by atoms with Crippen molar-refractivity contribution in [2.45, 2.75) is 32.4 Å². The predicted molar refractivity (Wildman–Crippen MR) is 151 cm³/mol. The number of hydrazone groups is 1. The van der Waals surface area contributed by atoms with Gasteiger partial charge in [0.15, 0.2) is 12.4 Å². The summed E-state index contributed by atoms with van der Waals surface area (Å²) in [5, 5.41) is 3.89. The molecule has 1 saturated heterocycles. The van der Waals surface area contributed by atoms with Gasteiger partial charge in [0.05, 0.1) is 18.9 Å². The van der Waals surface area contributed by atoms with Gasteiger partial charge in [0.25, 0.3) is 5.91 Å². The van der Waals surface area contributed by atoms with Crippen molar-refractivity contribution in [1.82, 2.24) is 10.3 Å². The highest BCUT2D eigenvalue weighted by molar-refractivity contribution is 6.04. The maximum atomic E-state index is 13.3. The summed E-state index contributed by atoms with van der Waals surface area (Å²) < 4.78 is 15.3. The van der Waals surface area contributed by atoms with Gasteiger partial charge < -0.3 is 19.1 Å². The van der Waals surface area contributed by atoms with Crippen LogP contribution in [0.3, 0.4) is 0 Å². The lowest BCUT2D eigenvalue weighted by Gasteiger charge is -2.24. The van der Waals surface area contributed by atoms with Gasteiger partial charge in [-0.2, -0.15) is 5.10 Å². The first-order valence-corrected chi connectivity index (χ1v) is 13.3. The maximum Gasteiger partial charge on any atom is 0.428 e. The lowest BCUT2D eigenvalue weighted by Crippen LogP contribution is -2.40. The van der Waals surface area contributed by atoms with Crippen LogP contribution in [0.4, 0.5) is 4.79 Å². The van der Waals surface area contributed by atoms with Crippen LogP contribution in [0.5, 0.6) is 5.75 Å². The molecule has 4 rings (SSSR count). The smallest absolute Gasteiger partial charge is 0.428 e. The van der Waals surface area contributed by atoms with E-state index in [1.165, 1.54) is 6.21 Å². The standard InChI is InChI=1S/C31H31N3O7/c1-2-39-28(35)21-40-26-16-14-24(15-17-26)29(36)27-9-6-18-34(27)30(37)25-12-10-22(11-13-25)19-32-33-31(38)41-20-23-7-4-3-5-8-23/h3-5,7-8,10-17,19,27H,2,6,9,18,20-21H2,1H3,(H,33,38)/b32-19+/t27-/m1/s1. The Kier molecular flexibility index (Phi) is 10.2. The van der Waals surface area contributed by atoms with Gasteiger partial charge >= 0.3 is 12.1 Å². The molecule has 0 bridgehead atoms. The zero-order chi connectivity index (χ0) is 29.0. The van der Waals surface area contributed by atoms with Crippen LogP contribution in [-0.4, -0.2) is 60.7 Å². The Balaban J connectivity index is 1.29. The van der Waals surface area contributed by atoms with Crippen molar-refractivity contribution >= 4 is 30.0 Å². The van der Waals surface area contributed by atoms with Crippen LogP contribution in [-0.2, 0) is 20.9 Å². The number of hydrogen-bond acceptors (Lipinski definition) is 8. The third kappa shape index (κ3) is 8.25. The molecule has 0 aromatic heterocycles. The second-order valence-electron chi connectivity index (χ2n) is 9.19. The molecule has 10 nitrogen and oxygen atoms in total. The van der Waals surface area contributed by atoms with E-state index in [-0.39, 0.29) is 31.5 Å². The summed E-state index contributed by atoms with van der Waals surface area (Å²) in [5.74, 6) is -0.413. The molecule has 1 fully saturated rings. The van der Waals surface area contributed by atoms with Gasteiger partial charge in [-0.25, -0.2) is 15.0 Å². The fourth-order valence-corrected chi connectivity index (χ4v) is 4.33. The average molecular weight is 558 g/mol. The van der Waals surface area contributed by atoms with E-state index in [2.05, 4.69) is 10.5 Å². The second-order valence-corrected chi connectivity index (χ2v) is 9.19. The number of nitrogens with zero attached hydrogens (tertiary/aromatic N) is 2. The molecule has 0 saturated carbocycles. The highest BCUT2D eigenvalue weighted by atomic mass is 16.6. The minimum atomic E-state index is -0.680.